The van der Waals surface area contributed by atoms with E-state index in [1.54, 1.807) is 0 Å². The van der Waals surface area contributed by atoms with Gasteiger partial charge in [0.15, 0.2) is 0 Å². The molecule has 0 aliphatic carbocycles. The first-order valence-corrected chi connectivity index (χ1v) is 11.4. The fraction of sp³-hybridized carbons (Fsp3) is 0.765. The Labute approximate surface area is 173 Å². The summed E-state index contributed by atoms with van der Waals surface area (Å²) in [5.41, 5.74) is 7.92. The Bertz CT molecular complexity index is 910. The zero-order valence-electron chi connectivity index (χ0n) is 17.1. The van der Waals surface area contributed by atoms with Crippen LogP contribution in [0, 0.1) is 6.92 Å². The molecule has 0 amide bonds. The minimum atomic E-state index is -4.29. The molecule has 30 heavy (non-hydrogen) atoms. The fourth-order valence-corrected chi connectivity index (χ4v) is 3.88. The van der Waals surface area contributed by atoms with Crippen LogP contribution in [0.5, 0.6) is 0 Å². The Morgan fingerprint density at radius 2 is 2.10 bits per heavy atom. The standard InChI is InChI=1S/C17H28N5O7P/c1-3-4-5-6-7-8-27-30(25,26)28-11-14-13(20-21-18)9-15(29-14)22-10-12(2)16(23)19-17(22)24/h10,13-15H,3-9,11H2,1-2H3,(H,25,26)(H,19,23,24)/t13-,14+,15+/m0/s1. The molecule has 1 fully saturated rings. The molecule has 1 aliphatic rings. The number of phosphoric ester groups is 1. The van der Waals surface area contributed by atoms with Gasteiger partial charge in [-0.15, -0.1) is 0 Å². The fourth-order valence-electron chi connectivity index (χ4n) is 3.11. The first kappa shape index (κ1) is 24.3. The van der Waals surface area contributed by atoms with E-state index >= 15 is 0 Å². The number of phosphoric acid groups is 1. The Hall–Kier alpha value is -1.94. The number of unbranched alkanes of at least 4 members (excludes halogenated alkanes) is 4. The number of rotatable bonds is 12. The molecule has 12 nitrogen and oxygen atoms in total. The van der Waals surface area contributed by atoms with E-state index in [9.17, 15) is 19.0 Å². The SMILES string of the molecule is CCCCCCCOP(=O)(O)OC[C@H]1O[C@@H](n2cc(C)c(=O)[nH]c2=O)C[C@@H]1N=[N+]=[N-]. The van der Waals surface area contributed by atoms with Crippen LogP contribution >= 0.6 is 7.82 Å². The second-order valence-electron chi connectivity index (χ2n) is 7.13. The van der Waals surface area contributed by atoms with Crippen molar-refractivity contribution in [3.8, 4) is 0 Å². The van der Waals surface area contributed by atoms with E-state index in [-0.39, 0.29) is 19.6 Å². The highest BCUT2D eigenvalue weighted by molar-refractivity contribution is 7.47. The highest BCUT2D eigenvalue weighted by atomic mass is 31.2. The van der Waals surface area contributed by atoms with E-state index in [1.165, 1.54) is 17.7 Å². The first-order chi connectivity index (χ1) is 14.3. The van der Waals surface area contributed by atoms with Gasteiger partial charge in [-0.05, 0) is 18.9 Å². The van der Waals surface area contributed by atoms with E-state index in [0.717, 1.165) is 25.7 Å². The van der Waals surface area contributed by atoms with E-state index in [0.29, 0.717) is 12.0 Å². The number of nitrogens with one attached hydrogen (secondary N) is 1. The molecule has 1 aromatic heterocycles. The van der Waals surface area contributed by atoms with Gasteiger partial charge in [-0.25, -0.2) is 9.36 Å². The Morgan fingerprint density at radius 1 is 1.37 bits per heavy atom. The van der Waals surface area contributed by atoms with E-state index in [1.807, 2.05) is 0 Å². The lowest BCUT2D eigenvalue weighted by molar-refractivity contribution is -0.0284. The monoisotopic (exact) mass is 445 g/mol. The summed E-state index contributed by atoms with van der Waals surface area (Å²) in [7, 11) is -4.29. The van der Waals surface area contributed by atoms with Gasteiger partial charge in [-0.3, -0.25) is 23.4 Å². The summed E-state index contributed by atoms with van der Waals surface area (Å²) in [5.74, 6) is 0. The minimum Gasteiger partial charge on any atom is -0.352 e. The molecule has 0 saturated carbocycles. The van der Waals surface area contributed by atoms with Gasteiger partial charge in [0.05, 0.1) is 25.4 Å². The van der Waals surface area contributed by atoms with Gasteiger partial charge in [0.1, 0.15) is 6.23 Å². The maximum atomic E-state index is 12.1. The molecule has 13 heteroatoms. The van der Waals surface area contributed by atoms with Gasteiger partial charge in [0, 0.05) is 23.1 Å². The van der Waals surface area contributed by atoms with Gasteiger partial charge in [-0.1, -0.05) is 37.7 Å². The molecule has 2 rings (SSSR count). The maximum Gasteiger partial charge on any atom is 0.472 e. The average molecular weight is 445 g/mol. The molecule has 0 bridgehead atoms. The van der Waals surface area contributed by atoms with Crippen LogP contribution in [0.25, 0.3) is 10.4 Å². The van der Waals surface area contributed by atoms with Gasteiger partial charge in [-0.2, -0.15) is 0 Å². The van der Waals surface area contributed by atoms with Crippen LogP contribution in [0.2, 0.25) is 0 Å². The molecule has 0 aromatic carbocycles. The van der Waals surface area contributed by atoms with Crippen molar-refractivity contribution < 1.29 is 23.2 Å². The molecule has 1 unspecified atom stereocenters. The van der Waals surface area contributed by atoms with Crippen LogP contribution in [-0.4, -0.2) is 39.8 Å². The molecule has 2 N–H and O–H groups in total. The molecule has 168 valence electrons. The number of nitrogens with zero attached hydrogens (tertiary/aromatic N) is 4. The molecule has 2 heterocycles. The number of aryl methyl sites for hydroxylation is 1. The van der Waals surface area contributed by atoms with Crippen molar-refractivity contribution in [3.63, 3.8) is 0 Å². The highest BCUT2D eigenvalue weighted by Gasteiger charge is 2.38. The summed E-state index contributed by atoms with van der Waals surface area (Å²) in [6.07, 6.45) is 4.57. The lowest BCUT2D eigenvalue weighted by Crippen LogP contribution is -2.33. The quantitative estimate of drug-likeness (QED) is 0.164. The number of H-pyrrole nitrogens is 1. The van der Waals surface area contributed by atoms with Crippen LogP contribution in [0.1, 0.15) is 57.2 Å². The van der Waals surface area contributed by atoms with Crippen LogP contribution < -0.4 is 11.2 Å². The number of aromatic nitrogens is 2. The van der Waals surface area contributed by atoms with Crippen molar-refractivity contribution >= 4 is 7.82 Å². The van der Waals surface area contributed by atoms with Crippen molar-refractivity contribution in [2.24, 2.45) is 5.11 Å². The Balaban J connectivity index is 1.95. The third-order valence-corrected chi connectivity index (χ3v) is 5.75. The number of ether oxygens (including phenoxy) is 1. The third kappa shape index (κ3) is 7.09. The van der Waals surface area contributed by atoms with Crippen molar-refractivity contribution in [3.05, 3.63) is 43.0 Å². The lowest BCUT2D eigenvalue weighted by Gasteiger charge is -2.18. The third-order valence-electron chi connectivity index (χ3n) is 4.76. The van der Waals surface area contributed by atoms with Gasteiger partial charge in [0.2, 0.25) is 0 Å². The first-order valence-electron chi connectivity index (χ1n) is 9.91. The Kier molecular flexibility index (Phi) is 9.29. The molecule has 4 atom stereocenters. The smallest absolute Gasteiger partial charge is 0.352 e. The van der Waals surface area contributed by atoms with Gasteiger partial charge < -0.3 is 9.63 Å². The van der Waals surface area contributed by atoms with Crippen LogP contribution in [0.3, 0.4) is 0 Å². The highest BCUT2D eigenvalue weighted by Crippen LogP contribution is 2.44. The normalized spacial score (nSPS) is 23.1. The predicted octanol–water partition coefficient (Wildman–Crippen LogP) is 2.92. The molecule has 1 aliphatic heterocycles. The van der Waals surface area contributed by atoms with Crippen LogP contribution in [0.4, 0.5) is 0 Å². The predicted molar refractivity (Wildman–Crippen MR) is 108 cm³/mol. The van der Waals surface area contributed by atoms with E-state index < -0.39 is 37.4 Å². The summed E-state index contributed by atoms with van der Waals surface area (Å²) in [6.45, 7) is 3.37. The molecule has 0 radical (unpaired) electrons. The van der Waals surface area contributed by atoms with Gasteiger partial charge >= 0.3 is 13.5 Å². The summed E-state index contributed by atoms with van der Waals surface area (Å²) in [6, 6.07) is -0.729. The molecular weight excluding hydrogens is 417 g/mol. The number of aromatic amines is 1. The Morgan fingerprint density at radius 3 is 2.80 bits per heavy atom. The largest absolute Gasteiger partial charge is 0.472 e. The zero-order valence-corrected chi connectivity index (χ0v) is 18.0. The van der Waals surface area contributed by atoms with E-state index in [2.05, 4.69) is 21.9 Å². The van der Waals surface area contributed by atoms with Crippen molar-refractivity contribution in [1.29, 1.82) is 0 Å². The topological polar surface area (TPSA) is 169 Å². The van der Waals surface area contributed by atoms with Crippen molar-refractivity contribution in [2.45, 2.75) is 70.7 Å². The second kappa shape index (κ2) is 11.5. The van der Waals surface area contributed by atoms with Crippen molar-refractivity contribution in [1.82, 2.24) is 9.55 Å². The maximum absolute atomic E-state index is 12.1. The number of azide groups is 1. The van der Waals surface area contributed by atoms with Gasteiger partial charge in [0.25, 0.3) is 5.56 Å². The van der Waals surface area contributed by atoms with Crippen LogP contribution in [0.15, 0.2) is 20.9 Å². The number of hydrogen-bond donors (Lipinski definition) is 2. The average Bonchev–Trinajstić information content (AvgIpc) is 3.09. The van der Waals surface area contributed by atoms with Crippen LogP contribution in [-0.2, 0) is 18.3 Å². The molecule has 0 spiro atoms. The van der Waals surface area contributed by atoms with Crippen molar-refractivity contribution in [2.75, 3.05) is 13.2 Å². The summed E-state index contributed by atoms with van der Waals surface area (Å²) >= 11 is 0. The molecule has 1 aromatic rings. The number of hydrogen-bond acceptors (Lipinski definition) is 7. The minimum absolute atomic E-state index is 0.0947. The van der Waals surface area contributed by atoms with E-state index in [4.69, 9.17) is 19.3 Å². The summed E-state index contributed by atoms with van der Waals surface area (Å²) < 4.78 is 28.9. The summed E-state index contributed by atoms with van der Waals surface area (Å²) in [4.78, 5) is 38.4. The molecule has 1 saturated heterocycles. The summed E-state index contributed by atoms with van der Waals surface area (Å²) in [5, 5.41) is 3.63. The zero-order chi connectivity index (χ0) is 22.1. The second-order valence-corrected chi connectivity index (χ2v) is 8.58. The lowest BCUT2D eigenvalue weighted by atomic mass is 10.1. The molecular formula is C17H28N5O7P.